The Morgan fingerprint density at radius 1 is 1.35 bits per heavy atom. The standard InChI is InChI=1S/C15H27NO3S/c1-3-7-15(8-9-16-11-15)14(17)12-5-4-6-13(10-12)20(2,18)19/h12-13,16H,3-11H2,1-2H3. The molecule has 1 saturated heterocycles. The van der Waals surface area contributed by atoms with Crippen LogP contribution in [0.4, 0.5) is 0 Å². The summed E-state index contributed by atoms with van der Waals surface area (Å²) in [5, 5.41) is 3.01. The van der Waals surface area contributed by atoms with Crippen molar-refractivity contribution in [1.29, 1.82) is 0 Å². The third-order valence-corrected chi connectivity index (χ3v) is 6.74. The first kappa shape index (κ1) is 16.0. The molecule has 1 N–H and O–H groups in total. The molecule has 2 aliphatic rings. The fraction of sp³-hybridized carbons (Fsp3) is 0.933. The van der Waals surface area contributed by atoms with E-state index < -0.39 is 9.84 Å². The summed E-state index contributed by atoms with van der Waals surface area (Å²) in [7, 11) is -3.02. The second kappa shape index (κ2) is 6.14. The van der Waals surface area contributed by atoms with E-state index in [1.54, 1.807) is 0 Å². The molecule has 0 aromatic rings. The number of nitrogens with one attached hydrogen (secondary N) is 1. The van der Waals surface area contributed by atoms with Crippen molar-refractivity contribution in [3.8, 4) is 0 Å². The van der Waals surface area contributed by atoms with E-state index in [9.17, 15) is 13.2 Å². The molecule has 116 valence electrons. The molecule has 1 saturated carbocycles. The zero-order valence-corrected chi connectivity index (χ0v) is 13.5. The molecule has 0 spiro atoms. The van der Waals surface area contributed by atoms with Crippen molar-refractivity contribution in [2.75, 3.05) is 19.3 Å². The van der Waals surface area contributed by atoms with E-state index in [0.29, 0.717) is 12.2 Å². The van der Waals surface area contributed by atoms with E-state index in [4.69, 9.17) is 0 Å². The molecule has 1 aliphatic heterocycles. The molecule has 1 heterocycles. The Hall–Kier alpha value is -0.420. The molecule has 0 aromatic carbocycles. The van der Waals surface area contributed by atoms with Crippen LogP contribution in [0.25, 0.3) is 0 Å². The number of carbonyl (C=O) groups excluding carboxylic acids is 1. The summed E-state index contributed by atoms with van der Waals surface area (Å²) in [5.74, 6) is 0.285. The molecule has 3 atom stereocenters. The Labute approximate surface area is 122 Å². The highest BCUT2D eigenvalue weighted by molar-refractivity contribution is 7.91. The minimum atomic E-state index is -3.02. The predicted molar refractivity (Wildman–Crippen MR) is 80.4 cm³/mol. The van der Waals surface area contributed by atoms with Crippen molar-refractivity contribution in [3.05, 3.63) is 0 Å². The van der Waals surface area contributed by atoms with Crippen LogP contribution in [0.5, 0.6) is 0 Å². The van der Waals surface area contributed by atoms with Gasteiger partial charge in [-0.1, -0.05) is 19.8 Å². The fourth-order valence-electron chi connectivity index (χ4n) is 3.97. The van der Waals surface area contributed by atoms with Gasteiger partial charge in [0.05, 0.1) is 5.25 Å². The van der Waals surface area contributed by atoms with Crippen molar-refractivity contribution >= 4 is 15.6 Å². The monoisotopic (exact) mass is 301 g/mol. The smallest absolute Gasteiger partial charge is 0.150 e. The SMILES string of the molecule is CCCC1(C(=O)C2CCCC(S(C)(=O)=O)C2)CCNC1. The van der Waals surface area contributed by atoms with Crippen molar-refractivity contribution in [1.82, 2.24) is 5.32 Å². The molecular formula is C15H27NO3S. The van der Waals surface area contributed by atoms with Crippen molar-refractivity contribution in [2.24, 2.45) is 11.3 Å². The molecule has 0 aromatic heterocycles. The third kappa shape index (κ3) is 3.25. The molecule has 4 nitrogen and oxygen atoms in total. The molecular weight excluding hydrogens is 274 g/mol. The van der Waals surface area contributed by atoms with Gasteiger partial charge in [-0.05, 0) is 38.6 Å². The third-order valence-electron chi connectivity index (χ3n) is 5.10. The van der Waals surface area contributed by atoms with E-state index in [-0.39, 0.29) is 16.6 Å². The van der Waals surface area contributed by atoms with Gasteiger partial charge in [0.2, 0.25) is 0 Å². The molecule has 2 rings (SSSR count). The molecule has 2 fully saturated rings. The second-order valence-corrected chi connectivity index (χ2v) is 8.96. The van der Waals surface area contributed by atoms with E-state index in [0.717, 1.165) is 51.6 Å². The van der Waals surface area contributed by atoms with Crippen LogP contribution in [0, 0.1) is 11.3 Å². The highest BCUT2D eigenvalue weighted by Crippen LogP contribution is 2.39. The van der Waals surface area contributed by atoms with E-state index in [1.165, 1.54) is 6.26 Å². The molecule has 0 amide bonds. The number of ketones is 1. The van der Waals surface area contributed by atoms with E-state index in [1.807, 2.05) is 0 Å². The average molecular weight is 301 g/mol. The van der Waals surface area contributed by atoms with Gasteiger partial charge in [-0.15, -0.1) is 0 Å². The molecule has 1 aliphatic carbocycles. The predicted octanol–water partition coefficient (Wildman–Crippen LogP) is 1.94. The molecule has 20 heavy (non-hydrogen) atoms. The normalized spacial score (nSPS) is 35.1. The maximum Gasteiger partial charge on any atom is 0.150 e. The van der Waals surface area contributed by atoms with Crippen LogP contribution in [0.2, 0.25) is 0 Å². The fourth-order valence-corrected chi connectivity index (χ4v) is 5.15. The van der Waals surface area contributed by atoms with Crippen LogP contribution in [0.3, 0.4) is 0 Å². The summed E-state index contributed by atoms with van der Waals surface area (Å²) in [6.07, 6.45) is 7.17. The van der Waals surface area contributed by atoms with Gasteiger partial charge in [-0.3, -0.25) is 4.79 Å². The van der Waals surface area contributed by atoms with Crippen LogP contribution >= 0.6 is 0 Å². The maximum atomic E-state index is 12.9. The van der Waals surface area contributed by atoms with Crippen LogP contribution in [0.1, 0.15) is 51.9 Å². The first-order valence-electron chi connectivity index (χ1n) is 7.83. The van der Waals surface area contributed by atoms with Gasteiger partial charge in [0.25, 0.3) is 0 Å². The number of hydrogen-bond acceptors (Lipinski definition) is 4. The van der Waals surface area contributed by atoms with Gasteiger partial charge in [0.15, 0.2) is 0 Å². The first-order chi connectivity index (χ1) is 9.39. The second-order valence-electron chi connectivity index (χ2n) is 6.64. The summed E-state index contributed by atoms with van der Waals surface area (Å²) in [6.45, 7) is 3.81. The van der Waals surface area contributed by atoms with E-state index >= 15 is 0 Å². The van der Waals surface area contributed by atoms with E-state index in [2.05, 4.69) is 12.2 Å². The van der Waals surface area contributed by atoms with Gasteiger partial charge < -0.3 is 5.32 Å². The molecule has 3 unspecified atom stereocenters. The zero-order chi connectivity index (χ0) is 14.8. The molecule has 0 bridgehead atoms. The Kier molecular flexibility index (Phi) is 4.90. The lowest BCUT2D eigenvalue weighted by Gasteiger charge is -2.34. The summed E-state index contributed by atoms with van der Waals surface area (Å²) >= 11 is 0. The Morgan fingerprint density at radius 3 is 2.65 bits per heavy atom. The van der Waals surface area contributed by atoms with Crippen molar-refractivity contribution < 1.29 is 13.2 Å². The van der Waals surface area contributed by atoms with Gasteiger partial charge in [0, 0.05) is 24.1 Å². The van der Waals surface area contributed by atoms with Gasteiger partial charge >= 0.3 is 0 Å². The summed E-state index contributed by atoms with van der Waals surface area (Å²) in [4.78, 5) is 12.9. The van der Waals surface area contributed by atoms with Crippen molar-refractivity contribution in [3.63, 3.8) is 0 Å². The maximum absolute atomic E-state index is 12.9. The summed E-state index contributed by atoms with van der Waals surface area (Å²) in [5.41, 5.74) is -0.223. The number of sulfone groups is 1. The quantitative estimate of drug-likeness (QED) is 0.843. The van der Waals surface area contributed by atoms with Crippen LogP contribution in [-0.4, -0.2) is 38.8 Å². The van der Waals surface area contributed by atoms with Gasteiger partial charge in [-0.2, -0.15) is 0 Å². The lowest BCUT2D eigenvalue weighted by atomic mass is 9.70. The number of hydrogen-bond donors (Lipinski definition) is 1. The van der Waals surface area contributed by atoms with Crippen molar-refractivity contribution in [2.45, 2.75) is 57.1 Å². The van der Waals surface area contributed by atoms with Crippen LogP contribution in [-0.2, 0) is 14.6 Å². The van der Waals surface area contributed by atoms with Crippen LogP contribution in [0.15, 0.2) is 0 Å². The number of carbonyl (C=O) groups is 1. The Morgan fingerprint density at radius 2 is 2.10 bits per heavy atom. The first-order valence-corrected chi connectivity index (χ1v) is 9.78. The highest BCUT2D eigenvalue weighted by Gasteiger charge is 2.45. The molecule has 0 radical (unpaired) electrons. The number of rotatable bonds is 5. The largest absolute Gasteiger partial charge is 0.316 e. The van der Waals surface area contributed by atoms with Gasteiger partial charge in [0.1, 0.15) is 15.6 Å². The number of Topliss-reactive ketones (excluding diaryl/α,β-unsaturated/α-hetero) is 1. The van der Waals surface area contributed by atoms with Crippen LogP contribution < -0.4 is 5.32 Å². The topological polar surface area (TPSA) is 63.2 Å². The minimum Gasteiger partial charge on any atom is -0.316 e. The summed E-state index contributed by atoms with van der Waals surface area (Å²) < 4.78 is 23.5. The minimum absolute atomic E-state index is 0.0464. The average Bonchev–Trinajstić information content (AvgIpc) is 2.87. The lowest BCUT2D eigenvalue weighted by molar-refractivity contribution is -0.133. The van der Waals surface area contributed by atoms with Gasteiger partial charge in [-0.25, -0.2) is 8.42 Å². The zero-order valence-electron chi connectivity index (χ0n) is 12.7. The lowest BCUT2D eigenvalue weighted by Crippen LogP contribution is -2.41. The Bertz CT molecular complexity index is 452. The highest BCUT2D eigenvalue weighted by atomic mass is 32.2. The Balaban J connectivity index is 2.11. The summed E-state index contributed by atoms with van der Waals surface area (Å²) in [6, 6.07) is 0. The molecule has 5 heteroatoms.